The van der Waals surface area contributed by atoms with Crippen LogP contribution in [0.1, 0.15) is 18.9 Å². The zero-order valence-corrected chi connectivity index (χ0v) is 12.5. The van der Waals surface area contributed by atoms with Gasteiger partial charge in [-0.2, -0.15) is 0 Å². The number of benzene rings is 2. The van der Waals surface area contributed by atoms with Crippen LogP contribution in [0, 0.1) is 0 Å². The molecule has 0 aliphatic carbocycles. The Labute approximate surface area is 124 Å². The van der Waals surface area contributed by atoms with Gasteiger partial charge < -0.3 is 10.8 Å². The van der Waals surface area contributed by atoms with Gasteiger partial charge in [-0.3, -0.25) is 4.72 Å². The van der Waals surface area contributed by atoms with Crippen molar-refractivity contribution >= 4 is 21.4 Å². The van der Waals surface area contributed by atoms with Crippen molar-refractivity contribution in [2.45, 2.75) is 24.7 Å². The molecular weight excluding hydrogens is 288 g/mol. The highest BCUT2D eigenvalue weighted by atomic mass is 32.2. The van der Waals surface area contributed by atoms with E-state index in [1.165, 1.54) is 18.2 Å². The lowest BCUT2D eigenvalue weighted by atomic mass is 10.1. The molecule has 0 saturated heterocycles. The van der Waals surface area contributed by atoms with E-state index in [0.717, 1.165) is 18.4 Å². The van der Waals surface area contributed by atoms with Crippen molar-refractivity contribution < 1.29 is 13.5 Å². The minimum atomic E-state index is -3.72. The van der Waals surface area contributed by atoms with Crippen LogP contribution < -0.4 is 10.5 Å². The Bertz CT molecular complexity index is 725. The first-order chi connectivity index (χ1) is 9.92. The van der Waals surface area contributed by atoms with E-state index in [2.05, 4.69) is 11.6 Å². The number of aryl methyl sites for hydroxylation is 1. The number of phenols is 1. The fraction of sp³-hybridized carbons (Fsp3) is 0.200. The van der Waals surface area contributed by atoms with Gasteiger partial charge in [0.2, 0.25) is 0 Å². The van der Waals surface area contributed by atoms with Crippen LogP contribution >= 0.6 is 0 Å². The molecule has 0 atom stereocenters. The highest BCUT2D eigenvalue weighted by molar-refractivity contribution is 7.92. The molecule has 4 N–H and O–H groups in total. The third kappa shape index (κ3) is 3.66. The van der Waals surface area contributed by atoms with Crippen LogP contribution in [0.25, 0.3) is 0 Å². The largest absolute Gasteiger partial charge is 0.506 e. The molecule has 0 spiro atoms. The third-order valence-corrected chi connectivity index (χ3v) is 4.43. The van der Waals surface area contributed by atoms with E-state index in [-0.39, 0.29) is 16.3 Å². The highest BCUT2D eigenvalue weighted by Gasteiger charge is 2.15. The van der Waals surface area contributed by atoms with Crippen LogP contribution in [-0.4, -0.2) is 13.5 Å². The highest BCUT2D eigenvalue weighted by Crippen LogP contribution is 2.24. The predicted molar refractivity (Wildman–Crippen MR) is 83.8 cm³/mol. The lowest BCUT2D eigenvalue weighted by molar-refractivity contribution is 0.477. The molecular formula is C15H18N2O3S. The summed E-state index contributed by atoms with van der Waals surface area (Å²) in [5, 5.41) is 9.34. The molecule has 0 aromatic heterocycles. The fourth-order valence-electron chi connectivity index (χ4n) is 1.94. The smallest absolute Gasteiger partial charge is 0.261 e. The number of nitrogens with two attached hydrogens (primary N) is 1. The summed E-state index contributed by atoms with van der Waals surface area (Å²) >= 11 is 0. The monoisotopic (exact) mass is 306 g/mol. The van der Waals surface area contributed by atoms with Crippen molar-refractivity contribution in [3.8, 4) is 5.75 Å². The zero-order chi connectivity index (χ0) is 15.5. The molecule has 2 rings (SSSR count). The van der Waals surface area contributed by atoms with Crippen molar-refractivity contribution in [2.75, 3.05) is 10.5 Å². The van der Waals surface area contributed by atoms with Crippen LogP contribution in [0.3, 0.4) is 0 Å². The first-order valence-electron chi connectivity index (χ1n) is 6.62. The van der Waals surface area contributed by atoms with Gasteiger partial charge in [-0.15, -0.1) is 0 Å². The van der Waals surface area contributed by atoms with Gasteiger partial charge in [-0.1, -0.05) is 25.5 Å². The van der Waals surface area contributed by atoms with E-state index in [1.54, 1.807) is 12.1 Å². The Balaban J connectivity index is 2.22. The molecule has 0 fully saturated rings. The summed E-state index contributed by atoms with van der Waals surface area (Å²) in [5.41, 5.74) is 7.19. The number of hydrogen-bond acceptors (Lipinski definition) is 4. The minimum absolute atomic E-state index is 0.00966. The second-order valence-corrected chi connectivity index (χ2v) is 6.46. The summed E-state index contributed by atoms with van der Waals surface area (Å²) in [6, 6.07) is 11.0. The van der Waals surface area contributed by atoms with E-state index in [0.29, 0.717) is 5.69 Å². The normalized spacial score (nSPS) is 11.3. The number of hydrogen-bond donors (Lipinski definition) is 3. The topological polar surface area (TPSA) is 92.4 Å². The minimum Gasteiger partial charge on any atom is -0.506 e. The third-order valence-electron chi connectivity index (χ3n) is 3.05. The van der Waals surface area contributed by atoms with Crippen molar-refractivity contribution in [1.82, 2.24) is 0 Å². The summed E-state index contributed by atoms with van der Waals surface area (Å²) in [7, 11) is -3.72. The second kappa shape index (κ2) is 6.05. The van der Waals surface area contributed by atoms with Gasteiger partial charge in [0.15, 0.2) is 0 Å². The molecule has 5 nitrogen and oxygen atoms in total. The van der Waals surface area contributed by atoms with Crippen LogP contribution in [-0.2, 0) is 16.4 Å². The summed E-state index contributed by atoms with van der Waals surface area (Å²) in [5.74, 6) is -0.141. The maximum Gasteiger partial charge on any atom is 0.261 e. The van der Waals surface area contributed by atoms with Gasteiger partial charge in [0.1, 0.15) is 5.75 Å². The number of nitrogen functional groups attached to an aromatic ring is 1. The molecule has 6 heteroatoms. The quantitative estimate of drug-likeness (QED) is 0.585. The van der Waals surface area contributed by atoms with E-state index < -0.39 is 10.0 Å². The number of nitrogens with one attached hydrogen (secondary N) is 1. The number of aromatic hydroxyl groups is 1. The molecule has 112 valence electrons. The van der Waals surface area contributed by atoms with Crippen molar-refractivity contribution in [3.05, 3.63) is 48.0 Å². The summed E-state index contributed by atoms with van der Waals surface area (Å²) in [6.07, 6.45) is 2.00. The van der Waals surface area contributed by atoms with Gasteiger partial charge in [-0.05, 0) is 42.3 Å². The molecule has 0 unspecified atom stereocenters. The Hall–Kier alpha value is -2.21. The molecule has 0 heterocycles. The van der Waals surface area contributed by atoms with Gasteiger partial charge >= 0.3 is 0 Å². The first kappa shape index (κ1) is 15.2. The number of phenolic OH excluding ortho intramolecular Hbond substituents is 1. The first-order valence-corrected chi connectivity index (χ1v) is 8.11. The summed E-state index contributed by atoms with van der Waals surface area (Å²) < 4.78 is 26.9. The van der Waals surface area contributed by atoms with Crippen LogP contribution in [0.15, 0.2) is 47.4 Å². The van der Waals surface area contributed by atoms with E-state index in [1.807, 2.05) is 12.1 Å². The van der Waals surface area contributed by atoms with Gasteiger partial charge in [0.25, 0.3) is 10.0 Å². The molecule has 2 aromatic carbocycles. The zero-order valence-electron chi connectivity index (χ0n) is 11.7. The van der Waals surface area contributed by atoms with Gasteiger partial charge in [-0.25, -0.2) is 8.42 Å². The number of anilines is 2. The molecule has 0 aliphatic rings. The maximum absolute atomic E-state index is 12.2. The van der Waals surface area contributed by atoms with Gasteiger partial charge in [0.05, 0.1) is 10.6 Å². The molecule has 2 aromatic rings. The number of rotatable bonds is 5. The van der Waals surface area contributed by atoms with Crippen LogP contribution in [0.4, 0.5) is 11.4 Å². The molecule has 0 bridgehead atoms. The Morgan fingerprint density at radius 1 is 1.14 bits per heavy atom. The average molecular weight is 306 g/mol. The molecule has 0 saturated carbocycles. The summed E-state index contributed by atoms with van der Waals surface area (Å²) in [4.78, 5) is 0.00966. The van der Waals surface area contributed by atoms with Gasteiger partial charge in [0, 0.05) is 5.69 Å². The van der Waals surface area contributed by atoms with E-state index >= 15 is 0 Å². The van der Waals surface area contributed by atoms with E-state index in [4.69, 9.17) is 5.73 Å². The molecule has 21 heavy (non-hydrogen) atoms. The average Bonchev–Trinajstić information content (AvgIpc) is 2.44. The fourth-order valence-corrected chi connectivity index (χ4v) is 3.04. The Morgan fingerprint density at radius 3 is 2.38 bits per heavy atom. The second-order valence-electron chi connectivity index (χ2n) is 4.77. The maximum atomic E-state index is 12.2. The van der Waals surface area contributed by atoms with Crippen LogP contribution in [0.2, 0.25) is 0 Å². The molecule has 0 aliphatic heterocycles. The SMILES string of the molecule is CCCc1ccc(NS(=O)(=O)c2ccc(O)c(N)c2)cc1. The Morgan fingerprint density at radius 2 is 1.81 bits per heavy atom. The number of sulfonamides is 1. The molecule has 0 radical (unpaired) electrons. The Kier molecular flexibility index (Phi) is 4.37. The van der Waals surface area contributed by atoms with Crippen LogP contribution in [0.5, 0.6) is 5.75 Å². The lowest BCUT2D eigenvalue weighted by Gasteiger charge is -2.10. The van der Waals surface area contributed by atoms with Crippen molar-refractivity contribution in [1.29, 1.82) is 0 Å². The predicted octanol–water partition coefficient (Wildman–Crippen LogP) is 2.73. The van der Waals surface area contributed by atoms with Crippen molar-refractivity contribution in [2.24, 2.45) is 0 Å². The molecule has 0 amide bonds. The summed E-state index contributed by atoms with van der Waals surface area (Å²) in [6.45, 7) is 2.09. The standard InChI is InChI=1S/C15H18N2O3S/c1-2-3-11-4-6-12(7-5-11)17-21(19,20)13-8-9-15(18)14(16)10-13/h4-10,17-18H,2-3,16H2,1H3. The lowest BCUT2D eigenvalue weighted by Crippen LogP contribution is -2.13. The van der Waals surface area contributed by atoms with Crippen molar-refractivity contribution in [3.63, 3.8) is 0 Å². The van der Waals surface area contributed by atoms with E-state index in [9.17, 15) is 13.5 Å².